The Hall–Kier alpha value is -3.15. The van der Waals surface area contributed by atoms with E-state index in [2.05, 4.69) is 34.1 Å². The number of carbonyl (C=O) groups excluding carboxylic acids is 1. The Kier molecular flexibility index (Phi) is 4.39. The lowest BCUT2D eigenvalue weighted by molar-refractivity contribution is 0.103. The molecule has 0 saturated carbocycles. The fourth-order valence-corrected chi connectivity index (χ4v) is 3.56. The average Bonchev–Trinajstić information content (AvgIpc) is 3.03. The number of aromatic amines is 1. The van der Waals surface area contributed by atoms with Gasteiger partial charge in [0.2, 0.25) is 5.78 Å². The minimum Gasteiger partial charge on any atom is -0.385 e. The minimum atomic E-state index is -0.374. The Morgan fingerprint density at radius 2 is 2.07 bits per heavy atom. The molecule has 0 amide bonds. The van der Waals surface area contributed by atoms with Crippen LogP contribution in [0.2, 0.25) is 0 Å². The summed E-state index contributed by atoms with van der Waals surface area (Å²) in [6.45, 7) is 4.05. The van der Waals surface area contributed by atoms with Gasteiger partial charge in [0, 0.05) is 30.1 Å². The molecule has 3 aromatic rings. The Labute approximate surface area is 156 Å². The number of hydrogen-bond donors (Lipinski definition) is 2. The van der Waals surface area contributed by atoms with Crippen LogP contribution in [0.3, 0.4) is 0 Å². The third kappa shape index (κ3) is 3.18. The Morgan fingerprint density at radius 3 is 2.74 bits per heavy atom. The first-order chi connectivity index (χ1) is 13.1. The zero-order chi connectivity index (χ0) is 19.0. The number of H-pyrrole nitrogens is 1. The third-order valence-corrected chi connectivity index (χ3v) is 5.08. The molecule has 1 aliphatic heterocycles. The summed E-state index contributed by atoms with van der Waals surface area (Å²) in [6, 6.07) is 8.99. The van der Waals surface area contributed by atoms with E-state index in [4.69, 9.17) is 5.73 Å². The lowest BCUT2D eigenvalue weighted by Crippen LogP contribution is -2.23. The number of aromatic nitrogens is 2. The quantitative estimate of drug-likeness (QED) is 0.690. The second-order valence-electron chi connectivity index (χ2n) is 6.75. The monoisotopic (exact) mass is 364 g/mol. The molecule has 5 nitrogen and oxygen atoms in total. The van der Waals surface area contributed by atoms with Crippen LogP contribution < -0.4 is 5.73 Å². The highest BCUT2D eigenvalue weighted by molar-refractivity contribution is 6.08. The number of carbonyl (C=O) groups is 1. The molecule has 1 unspecified atom stereocenters. The summed E-state index contributed by atoms with van der Waals surface area (Å²) >= 11 is 0. The molecule has 6 heteroatoms. The number of nitrogens with zero attached hydrogens (tertiary/aromatic N) is 2. The lowest BCUT2D eigenvalue weighted by atomic mass is 9.93. The normalized spacial score (nSPS) is 16.8. The molecule has 0 aliphatic carbocycles. The highest BCUT2D eigenvalue weighted by Gasteiger charge is 2.23. The SMILES string of the molecule is CCN1C=CC(c2c(N)[nH]c3ccc(C(=O)c4ccc(F)cc4)nc23)CC1. The van der Waals surface area contributed by atoms with Crippen molar-refractivity contribution >= 4 is 22.6 Å². The van der Waals surface area contributed by atoms with Crippen molar-refractivity contribution in [3.8, 4) is 0 Å². The molecule has 3 heterocycles. The van der Waals surface area contributed by atoms with Crippen molar-refractivity contribution in [1.82, 2.24) is 14.9 Å². The van der Waals surface area contributed by atoms with Crippen LogP contribution in [0.15, 0.2) is 48.7 Å². The van der Waals surface area contributed by atoms with Crippen LogP contribution in [0.25, 0.3) is 11.0 Å². The Morgan fingerprint density at radius 1 is 1.30 bits per heavy atom. The first-order valence-corrected chi connectivity index (χ1v) is 9.07. The van der Waals surface area contributed by atoms with Crippen molar-refractivity contribution in [1.29, 1.82) is 0 Å². The number of nitrogens with one attached hydrogen (secondary N) is 1. The van der Waals surface area contributed by atoms with Crippen LogP contribution in [-0.2, 0) is 0 Å². The number of pyridine rings is 1. The molecule has 1 aliphatic rings. The van der Waals surface area contributed by atoms with E-state index in [-0.39, 0.29) is 17.5 Å². The maximum absolute atomic E-state index is 13.1. The van der Waals surface area contributed by atoms with Crippen LogP contribution in [0.5, 0.6) is 0 Å². The predicted molar refractivity (Wildman–Crippen MR) is 104 cm³/mol. The molecule has 0 spiro atoms. The molecule has 1 atom stereocenters. The molecule has 4 rings (SSSR count). The molecule has 138 valence electrons. The Bertz CT molecular complexity index is 1020. The molecule has 0 fully saturated rings. The van der Waals surface area contributed by atoms with E-state index in [1.54, 1.807) is 6.07 Å². The number of ketones is 1. The van der Waals surface area contributed by atoms with E-state index in [0.717, 1.165) is 36.1 Å². The maximum Gasteiger partial charge on any atom is 0.211 e. The molecule has 27 heavy (non-hydrogen) atoms. The number of nitrogens with two attached hydrogens (primary N) is 1. The highest BCUT2D eigenvalue weighted by Crippen LogP contribution is 2.35. The highest BCUT2D eigenvalue weighted by atomic mass is 19.1. The van der Waals surface area contributed by atoms with Gasteiger partial charge in [-0.3, -0.25) is 4.79 Å². The van der Waals surface area contributed by atoms with Crippen molar-refractivity contribution in [2.45, 2.75) is 19.3 Å². The average molecular weight is 364 g/mol. The van der Waals surface area contributed by atoms with Crippen LogP contribution in [-0.4, -0.2) is 33.7 Å². The predicted octanol–water partition coefficient (Wildman–Crippen LogP) is 3.84. The fraction of sp³-hybridized carbons (Fsp3) is 0.238. The van der Waals surface area contributed by atoms with E-state index in [9.17, 15) is 9.18 Å². The van der Waals surface area contributed by atoms with Gasteiger partial charge in [0.25, 0.3) is 0 Å². The zero-order valence-electron chi connectivity index (χ0n) is 15.1. The molecule has 1 aromatic carbocycles. The molecule has 2 aromatic heterocycles. The minimum absolute atomic E-state index is 0.158. The van der Waals surface area contributed by atoms with Crippen molar-refractivity contribution < 1.29 is 9.18 Å². The van der Waals surface area contributed by atoms with Gasteiger partial charge in [-0.1, -0.05) is 6.08 Å². The van der Waals surface area contributed by atoms with Crippen LogP contribution in [0.1, 0.15) is 40.9 Å². The summed E-state index contributed by atoms with van der Waals surface area (Å²) in [7, 11) is 0. The molecule has 0 radical (unpaired) electrons. The van der Waals surface area contributed by atoms with Gasteiger partial charge in [0.15, 0.2) is 0 Å². The fourth-order valence-electron chi connectivity index (χ4n) is 3.56. The van der Waals surface area contributed by atoms with Gasteiger partial charge < -0.3 is 15.6 Å². The smallest absolute Gasteiger partial charge is 0.211 e. The number of rotatable bonds is 4. The topological polar surface area (TPSA) is 75.0 Å². The number of benzene rings is 1. The molecule has 0 bridgehead atoms. The number of allylic oxidation sites excluding steroid dienone is 1. The number of anilines is 1. The third-order valence-electron chi connectivity index (χ3n) is 5.08. The summed E-state index contributed by atoms with van der Waals surface area (Å²) in [5.41, 5.74) is 9.43. The second kappa shape index (κ2) is 6.87. The van der Waals surface area contributed by atoms with E-state index in [1.807, 2.05) is 6.07 Å². The van der Waals surface area contributed by atoms with Gasteiger partial charge in [-0.15, -0.1) is 0 Å². The number of fused-ring (bicyclic) bond motifs is 1. The number of nitrogen functional groups attached to an aromatic ring is 1. The Balaban J connectivity index is 1.73. The van der Waals surface area contributed by atoms with E-state index in [0.29, 0.717) is 17.1 Å². The van der Waals surface area contributed by atoms with Gasteiger partial charge >= 0.3 is 0 Å². The summed E-state index contributed by atoms with van der Waals surface area (Å²) < 4.78 is 13.1. The summed E-state index contributed by atoms with van der Waals surface area (Å²) in [6.07, 6.45) is 5.18. The molecular weight excluding hydrogens is 343 g/mol. The first-order valence-electron chi connectivity index (χ1n) is 9.07. The number of halogens is 1. The number of hydrogen-bond acceptors (Lipinski definition) is 4. The largest absolute Gasteiger partial charge is 0.385 e. The summed E-state index contributed by atoms with van der Waals surface area (Å²) in [5, 5.41) is 0. The lowest BCUT2D eigenvalue weighted by Gasteiger charge is -2.26. The van der Waals surface area contributed by atoms with Gasteiger partial charge in [-0.2, -0.15) is 0 Å². The van der Waals surface area contributed by atoms with Crippen LogP contribution in [0.4, 0.5) is 10.2 Å². The maximum atomic E-state index is 13.1. The van der Waals surface area contributed by atoms with E-state index >= 15 is 0 Å². The van der Waals surface area contributed by atoms with Gasteiger partial charge in [0.05, 0.1) is 11.0 Å². The first kappa shape index (κ1) is 17.3. The van der Waals surface area contributed by atoms with Crippen LogP contribution >= 0.6 is 0 Å². The van der Waals surface area contributed by atoms with E-state index in [1.165, 1.54) is 24.3 Å². The van der Waals surface area contributed by atoms with Crippen LogP contribution in [0, 0.1) is 5.82 Å². The molecular formula is C21H21FN4O. The standard InChI is InChI=1S/C21H21FN4O/c1-2-26-11-9-13(10-12-26)18-19-16(25-21(18)23)7-8-17(24-19)20(27)14-3-5-15(22)6-4-14/h3-9,11,13,25H,2,10,12,23H2,1H3. The molecule has 0 saturated heterocycles. The van der Waals surface area contributed by atoms with E-state index < -0.39 is 0 Å². The van der Waals surface area contributed by atoms with Crippen molar-refractivity contribution in [2.75, 3.05) is 18.8 Å². The van der Waals surface area contributed by atoms with Crippen molar-refractivity contribution in [2.24, 2.45) is 0 Å². The summed E-state index contributed by atoms with van der Waals surface area (Å²) in [4.78, 5) is 22.8. The van der Waals surface area contributed by atoms with Gasteiger partial charge in [-0.05, 0) is 55.9 Å². The zero-order valence-corrected chi connectivity index (χ0v) is 15.1. The van der Waals surface area contributed by atoms with Gasteiger partial charge in [-0.25, -0.2) is 9.37 Å². The van der Waals surface area contributed by atoms with Crippen molar-refractivity contribution in [3.05, 3.63) is 71.3 Å². The summed E-state index contributed by atoms with van der Waals surface area (Å²) in [5.74, 6) is 0.133. The van der Waals surface area contributed by atoms with Gasteiger partial charge in [0.1, 0.15) is 17.3 Å². The molecule has 3 N–H and O–H groups in total. The van der Waals surface area contributed by atoms with Crippen molar-refractivity contribution in [3.63, 3.8) is 0 Å². The second-order valence-corrected chi connectivity index (χ2v) is 6.75.